The molecule has 2 nitrogen and oxygen atoms in total. The number of ether oxygens (including phenoxy) is 1. The molecule has 2 heteroatoms. The maximum atomic E-state index is 6.27. The normalized spacial score (nSPS) is 32.6. The molecule has 0 radical (unpaired) electrons. The second-order valence-electron chi connectivity index (χ2n) is 5.65. The fraction of sp³-hybridized carbons (Fsp3) is 1.00. The monoisotopic (exact) mass is 225 g/mol. The van der Waals surface area contributed by atoms with Crippen molar-refractivity contribution in [2.75, 3.05) is 6.54 Å². The van der Waals surface area contributed by atoms with E-state index in [1.54, 1.807) is 0 Å². The van der Waals surface area contributed by atoms with Crippen molar-refractivity contribution in [3.8, 4) is 0 Å². The van der Waals surface area contributed by atoms with E-state index in [1.165, 1.54) is 38.5 Å². The minimum absolute atomic E-state index is 0.436. The van der Waals surface area contributed by atoms with E-state index in [9.17, 15) is 0 Å². The molecular formula is C14H27NO. The predicted octanol–water partition coefficient (Wildman–Crippen LogP) is 3.11. The number of nitrogens with one attached hydrogen (secondary N) is 1. The lowest BCUT2D eigenvalue weighted by molar-refractivity contribution is -0.0557. The summed E-state index contributed by atoms with van der Waals surface area (Å²) < 4.78 is 6.27. The summed E-state index contributed by atoms with van der Waals surface area (Å²) >= 11 is 0. The first kappa shape index (κ1) is 12.4. The number of hydrogen-bond acceptors (Lipinski definition) is 2. The van der Waals surface area contributed by atoms with E-state index in [1.807, 2.05) is 0 Å². The van der Waals surface area contributed by atoms with Gasteiger partial charge in [0.2, 0.25) is 0 Å². The average Bonchev–Trinajstić information content (AvgIpc) is 3.10. The molecule has 0 amide bonds. The maximum absolute atomic E-state index is 6.27. The van der Waals surface area contributed by atoms with Crippen LogP contribution in [0, 0.1) is 5.92 Å². The first-order chi connectivity index (χ1) is 7.79. The Labute approximate surface area is 100 Å². The molecular weight excluding hydrogens is 198 g/mol. The van der Waals surface area contributed by atoms with E-state index < -0.39 is 0 Å². The molecule has 0 saturated heterocycles. The fourth-order valence-electron chi connectivity index (χ4n) is 2.61. The average molecular weight is 225 g/mol. The number of hydrogen-bond donors (Lipinski definition) is 1. The molecule has 0 spiro atoms. The van der Waals surface area contributed by atoms with Gasteiger partial charge in [-0.05, 0) is 38.0 Å². The zero-order valence-electron chi connectivity index (χ0n) is 10.9. The van der Waals surface area contributed by atoms with Crippen LogP contribution in [0.1, 0.15) is 58.8 Å². The highest BCUT2D eigenvalue weighted by atomic mass is 16.5. The van der Waals surface area contributed by atoms with Gasteiger partial charge in [-0.25, -0.2) is 0 Å². The lowest BCUT2D eigenvalue weighted by Crippen LogP contribution is -2.36. The summed E-state index contributed by atoms with van der Waals surface area (Å²) in [4.78, 5) is 0. The third-order valence-corrected chi connectivity index (χ3v) is 4.07. The van der Waals surface area contributed by atoms with Crippen molar-refractivity contribution in [1.29, 1.82) is 0 Å². The van der Waals surface area contributed by atoms with E-state index in [2.05, 4.69) is 19.2 Å². The van der Waals surface area contributed by atoms with Crippen LogP contribution in [0.25, 0.3) is 0 Å². The molecule has 0 aromatic carbocycles. The van der Waals surface area contributed by atoms with Crippen molar-refractivity contribution < 1.29 is 4.74 Å². The largest absolute Gasteiger partial charge is 0.373 e. The topological polar surface area (TPSA) is 21.3 Å². The van der Waals surface area contributed by atoms with Gasteiger partial charge in [0.15, 0.2) is 0 Å². The Kier molecular flexibility index (Phi) is 4.66. The summed E-state index contributed by atoms with van der Waals surface area (Å²) in [5, 5.41) is 3.59. The molecule has 2 rings (SSSR count). The minimum atomic E-state index is 0.436. The van der Waals surface area contributed by atoms with Gasteiger partial charge in [-0.1, -0.05) is 26.7 Å². The van der Waals surface area contributed by atoms with E-state index in [0.29, 0.717) is 12.2 Å². The predicted molar refractivity (Wildman–Crippen MR) is 67.6 cm³/mol. The van der Waals surface area contributed by atoms with Crippen LogP contribution < -0.4 is 5.32 Å². The summed E-state index contributed by atoms with van der Waals surface area (Å²) in [5.41, 5.74) is 0. The Morgan fingerprint density at radius 3 is 2.56 bits per heavy atom. The van der Waals surface area contributed by atoms with E-state index >= 15 is 0 Å². The van der Waals surface area contributed by atoms with Crippen molar-refractivity contribution >= 4 is 0 Å². The lowest BCUT2D eigenvalue weighted by Gasteiger charge is -2.32. The Bertz CT molecular complexity index is 203. The van der Waals surface area contributed by atoms with Gasteiger partial charge >= 0.3 is 0 Å². The van der Waals surface area contributed by atoms with Crippen molar-refractivity contribution in [1.82, 2.24) is 5.32 Å². The molecule has 2 aliphatic carbocycles. The molecule has 0 aromatic rings. The van der Waals surface area contributed by atoms with Crippen molar-refractivity contribution in [3.05, 3.63) is 0 Å². The van der Waals surface area contributed by atoms with Crippen molar-refractivity contribution in [2.24, 2.45) is 5.92 Å². The highest BCUT2D eigenvalue weighted by molar-refractivity contribution is 4.82. The molecule has 0 aliphatic heterocycles. The Balaban J connectivity index is 1.70. The molecule has 2 aliphatic rings. The van der Waals surface area contributed by atoms with E-state index in [-0.39, 0.29) is 0 Å². The molecule has 3 unspecified atom stereocenters. The van der Waals surface area contributed by atoms with Crippen molar-refractivity contribution in [3.63, 3.8) is 0 Å². The van der Waals surface area contributed by atoms with Gasteiger partial charge in [0.1, 0.15) is 0 Å². The smallest absolute Gasteiger partial charge is 0.0700 e. The summed E-state index contributed by atoms with van der Waals surface area (Å²) in [6.07, 6.45) is 10.2. The molecule has 3 atom stereocenters. The third kappa shape index (κ3) is 3.74. The zero-order chi connectivity index (χ0) is 11.4. The van der Waals surface area contributed by atoms with Crippen LogP contribution in [0.4, 0.5) is 0 Å². The van der Waals surface area contributed by atoms with Crippen LogP contribution >= 0.6 is 0 Å². The lowest BCUT2D eigenvalue weighted by atomic mass is 9.88. The molecule has 0 aromatic heterocycles. The fourth-order valence-corrected chi connectivity index (χ4v) is 2.61. The molecule has 2 saturated carbocycles. The highest BCUT2D eigenvalue weighted by Gasteiger charge is 2.26. The van der Waals surface area contributed by atoms with Crippen LogP contribution in [0.3, 0.4) is 0 Å². The quantitative estimate of drug-likeness (QED) is 0.750. The van der Waals surface area contributed by atoms with Gasteiger partial charge in [0, 0.05) is 12.6 Å². The van der Waals surface area contributed by atoms with Crippen LogP contribution in [-0.4, -0.2) is 24.8 Å². The van der Waals surface area contributed by atoms with Crippen LogP contribution in [0.15, 0.2) is 0 Å². The Morgan fingerprint density at radius 2 is 1.94 bits per heavy atom. The molecule has 0 heterocycles. The summed E-state index contributed by atoms with van der Waals surface area (Å²) in [7, 11) is 0. The summed E-state index contributed by atoms with van der Waals surface area (Å²) in [6.45, 7) is 5.65. The SMILES string of the molecule is CCC(CNC1CC1)OC1CCCCC1C. The van der Waals surface area contributed by atoms with Crippen LogP contribution in [0.5, 0.6) is 0 Å². The van der Waals surface area contributed by atoms with Gasteiger partial charge in [-0.15, -0.1) is 0 Å². The molecule has 16 heavy (non-hydrogen) atoms. The minimum Gasteiger partial charge on any atom is -0.373 e. The Morgan fingerprint density at radius 1 is 1.19 bits per heavy atom. The van der Waals surface area contributed by atoms with Gasteiger partial charge in [-0.2, -0.15) is 0 Å². The molecule has 94 valence electrons. The molecule has 0 bridgehead atoms. The second-order valence-corrected chi connectivity index (χ2v) is 5.65. The molecule has 2 fully saturated rings. The third-order valence-electron chi connectivity index (χ3n) is 4.07. The van der Waals surface area contributed by atoms with Gasteiger partial charge in [0.25, 0.3) is 0 Å². The van der Waals surface area contributed by atoms with Crippen LogP contribution in [0.2, 0.25) is 0 Å². The number of rotatable bonds is 6. The van der Waals surface area contributed by atoms with Crippen LogP contribution in [-0.2, 0) is 4.74 Å². The van der Waals surface area contributed by atoms with Gasteiger partial charge in [0.05, 0.1) is 12.2 Å². The summed E-state index contributed by atoms with van der Waals surface area (Å²) in [5.74, 6) is 0.767. The van der Waals surface area contributed by atoms with Gasteiger partial charge < -0.3 is 10.1 Å². The zero-order valence-corrected chi connectivity index (χ0v) is 10.9. The standard InChI is InChI=1S/C14H27NO/c1-3-13(10-15-12-8-9-12)16-14-7-5-4-6-11(14)2/h11-15H,3-10H2,1-2H3. The van der Waals surface area contributed by atoms with E-state index in [0.717, 1.165) is 24.9 Å². The molecule has 1 N–H and O–H groups in total. The van der Waals surface area contributed by atoms with Crippen molar-refractivity contribution in [2.45, 2.75) is 77.0 Å². The Hall–Kier alpha value is -0.0800. The maximum Gasteiger partial charge on any atom is 0.0700 e. The second kappa shape index (κ2) is 6.02. The highest BCUT2D eigenvalue weighted by Crippen LogP contribution is 2.27. The van der Waals surface area contributed by atoms with E-state index in [4.69, 9.17) is 4.74 Å². The summed E-state index contributed by atoms with van der Waals surface area (Å²) in [6, 6.07) is 0.807. The first-order valence-electron chi connectivity index (χ1n) is 7.18. The first-order valence-corrected chi connectivity index (χ1v) is 7.18. The van der Waals surface area contributed by atoms with Gasteiger partial charge in [-0.3, -0.25) is 0 Å².